The molecule has 27 heavy (non-hydrogen) atoms. The molecule has 0 bridgehead atoms. The van der Waals surface area contributed by atoms with Gasteiger partial charge in [0.05, 0.1) is 11.3 Å². The summed E-state index contributed by atoms with van der Waals surface area (Å²) >= 11 is 0. The van der Waals surface area contributed by atoms with Gasteiger partial charge in [-0.05, 0) is 57.7 Å². The summed E-state index contributed by atoms with van der Waals surface area (Å²) in [6.45, 7) is 5.45. The second-order valence-electron chi connectivity index (χ2n) is 7.01. The zero-order chi connectivity index (χ0) is 20.0. The van der Waals surface area contributed by atoms with Crippen molar-refractivity contribution in [2.24, 2.45) is 0 Å². The zero-order valence-corrected chi connectivity index (χ0v) is 16.9. The first-order chi connectivity index (χ1) is 12.7. The minimum Gasteiger partial charge on any atom is -0.452 e. The molecule has 7 nitrogen and oxygen atoms in total. The average Bonchev–Trinajstić information content (AvgIpc) is 2.59. The molecule has 2 atom stereocenters. The van der Waals surface area contributed by atoms with E-state index in [0.717, 1.165) is 19.3 Å². The fraction of sp³-hybridized carbons (Fsp3) is 0.579. The first-order valence-electron chi connectivity index (χ1n) is 9.32. The molecular weight excluding hydrogens is 368 g/mol. The summed E-state index contributed by atoms with van der Waals surface area (Å²) in [5, 5.41) is 0. The van der Waals surface area contributed by atoms with Gasteiger partial charge in [-0.15, -0.1) is 0 Å². The van der Waals surface area contributed by atoms with Crippen molar-refractivity contribution in [1.29, 1.82) is 0 Å². The Morgan fingerprint density at radius 1 is 1.22 bits per heavy atom. The summed E-state index contributed by atoms with van der Waals surface area (Å²) in [5.41, 5.74) is 0.488. The van der Waals surface area contributed by atoms with E-state index >= 15 is 0 Å². The summed E-state index contributed by atoms with van der Waals surface area (Å²) in [6, 6.07) is 6.33. The van der Waals surface area contributed by atoms with E-state index in [-0.39, 0.29) is 35.9 Å². The smallest absolute Gasteiger partial charge is 0.338 e. The number of benzene rings is 1. The van der Waals surface area contributed by atoms with E-state index in [4.69, 9.17) is 4.74 Å². The van der Waals surface area contributed by atoms with Crippen molar-refractivity contribution in [2.75, 3.05) is 17.1 Å². The fourth-order valence-electron chi connectivity index (χ4n) is 3.41. The Kier molecular flexibility index (Phi) is 7.24. The predicted octanol–water partition coefficient (Wildman–Crippen LogP) is 2.78. The molecule has 0 unspecified atom stereocenters. The van der Waals surface area contributed by atoms with Crippen LogP contribution in [0.25, 0.3) is 0 Å². The predicted molar refractivity (Wildman–Crippen MR) is 104 cm³/mol. The number of nitrogens with one attached hydrogen (secondary N) is 1. The number of carbonyl (C=O) groups is 2. The minimum absolute atomic E-state index is 0.00236. The zero-order valence-electron chi connectivity index (χ0n) is 16.1. The highest BCUT2D eigenvalue weighted by Crippen LogP contribution is 2.22. The van der Waals surface area contributed by atoms with Crippen LogP contribution >= 0.6 is 0 Å². The van der Waals surface area contributed by atoms with Gasteiger partial charge in [-0.3, -0.25) is 9.52 Å². The van der Waals surface area contributed by atoms with Gasteiger partial charge in [-0.1, -0.05) is 13.0 Å². The summed E-state index contributed by atoms with van der Waals surface area (Å²) in [4.78, 5) is 26.5. The molecule has 0 aromatic heterocycles. The Morgan fingerprint density at radius 2 is 1.89 bits per heavy atom. The molecule has 1 aliphatic rings. The maximum atomic E-state index is 12.4. The lowest BCUT2D eigenvalue weighted by Crippen LogP contribution is -2.49. The number of rotatable bonds is 7. The van der Waals surface area contributed by atoms with E-state index in [0.29, 0.717) is 12.1 Å². The summed E-state index contributed by atoms with van der Waals surface area (Å²) < 4.78 is 31.3. The molecule has 150 valence electrons. The Hall–Kier alpha value is -2.09. The second-order valence-corrected chi connectivity index (χ2v) is 8.85. The molecule has 0 spiro atoms. The van der Waals surface area contributed by atoms with Crippen LogP contribution in [-0.4, -0.2) is 49.6 Å². The van der Waals surface area contributed by atoms with Gasteiger partial charge < -0.3 is 9.64 Å². The normalized spacial score (nSPS) is 20.2. The van der Waals surface area contributed by atoms with E-state index in [1.807, 2.05) is 13.8 Å². The highest BCUT2D eigenvalue weighted by atomic mass is 32.2. The number of esters is 1. The van der Waals surface area contributed by atoms with E-state index in [1.165, 1.54) is 12.1 Å². The van der Waals surface area contributed by atoms with E-state index < -0.39 is 16.0 Å². The largest absolute Gasteiger partial charge is 0.452 e. The third kappa shape index (κ3) is 5.95. The van der Waals surface area contributed by atoms with Crippen molar-refractivity contribution in [2.45, 2.75) is 58.5 Å². The average molecular weight is 397 g/mol. The van der Waals surface area contributed by atoms with Gasteiger partial charge in [0.2, 0.25) is 10.0 Å². The van der Waals surface area contributed by atoms with Crippen molar-refractivity contribution in [3.8, 4) is 0 Å². The summed E-state index contributed by atoms with van der Waals surface area (Å²) in [6.07, 6.45) is 3.48. The number of anilines is 1. The number of hydrogen-bond donors (Lipinski definition) is 1. The van der Waals surface area contributed by atoms with Crippen molar-refractivity contribution >= 4 is 27.6 Å². The maximum Gasteiger partial charge on any atom is 0.338 e. The van der Waals surface area contributed by atoms with Gasteiger partial charge in [0.15, 0.2) is 6.61 Å². The molecule has 0 saturated carbocycles. The van der Waals surface area contributed by atoms with Crippen LogP contribution in [0, 0.1) is 0 Å². The third-order valence-corrected chi connectivity index (χ3v) is 6.15. The van der Waals surface area contributed by atoms with Crippen molar-refractivity contribution in [3.05, 3.63) is 29.8 Å². The van der Waals surface area contributed by atoms with Gasteiger partial charge in [-0.2, -0.15) is 0 Å². The molecule has 8 heteroatoms. The summed E-state index contributed by atoms with van der Waals surface area (Å²) in [5.74, 6) is -0.859. The van der Waals surface area contributed by atoms with Crippen LogP contribution in [0.15, 0.2) is 24.3 Å². The first kappa shape index (κ1) is 21.2. The number of nitrogens with zero attached hydrogens (tertiary/aromatic N) is 1. The Bertz CT molecular complexity index is 768. The van der Waals surface area contributed by atoms with E-state index in [9.17, 15) is 18.0 Å². The SMILES string of the molecule is CCCS(=O)(=O)Nc1cccc(C(=O)OCC(=O)N2[C@@H](C)CCC[C@@H]2C)c1. The molecule has 1 saturated heterocycles. The van der Waals surface area contributed by atoms with Gasteiger partial charge >= 0.3 is 5.97 Å². The molecule has 1 aromatic rings. The standard InChI is InChI=1S/C19H28N2O5S/c1-4-11-27(24,25)20-17-10-6-9-16(12-17)19(23)26-13-18(22)21-14(2)7-5-8-15(21)3/h6,9-10,12,14-15,20H,4-5,7-8,11,13H2,1-3H3/t14-,15-/m0/s1. The lowest BCUT2D eigenvalue weighted by Gasteiger charge is -2.38. The van der Waals surface area contributed by atoms with Gasteiger partial charge in [0.1, 0.15) is 0 Å². The molecule has 1 N–H and O–H groups in total. The molecule has 1 aromatic carbocycles. The van der Waals surface area contributed by atoms with Crippen molar-refractivity contribution in [1.82, 2.24) is 4.90 Å². The Morgan fingerprint density at radius 3 is 2.52 bits per heavy atom. The van der Waals surface area contributed by atoms with Crippen LogP contribution in [-0.2, 0) is 19.6 Å². The second kappa shape index (κ2) is 9.21. The Balaban J connectivity index is 1.98. The van der Waals surface area contributed by atoms with E-state index in [1.54, 1.807) is 24.0 Å². The molecule has 0 radical (unpaired) electrons. The quantitative estimate of drug-likeness (QED) is 0.716. The molecule has 0 aliphatic carbocycles. The molecule has 2 rings (SSSR count). The van der Waals surface area contributed by atoms with Crippen LogP contribution in [0.1, 0.15) is 56.8 Å². The number of likely N-dealkylation sites (tertiary alicyclic amines) is 1. The van der Waals surface area contributed by atoms with Crippen LogP contribution < -0.4 is 4.72 Å². The maximum absolute atomic E-state index is 12.4. The lowest BCUT2D eigenvalue weighted by molar-refractivity contribution is -0.140. The minimum atomic E-state index is -3.44. The number of amides is 1. The van der Waals surface area contributed by atoms with Crippen molar-refractivity contribution < 1.29 is 22.7 Å². The van der Waals surface area contributed by atoms with Crippen LogP contribution in [0.5, 0.6) is 0 Å². The topological polar surface area (TPSA) is 92.8 Å². The van der Waals surface area contributed by atoms with Gasteiger partial charge in [0.25, 0.3) is 5.91 Å². The highest BCUT2D eigenvalue weighted by molar-refractivity contribution is 7.92. The van der Waals surface area contributed by atoms with E-state index in [2.05, 4.69) is 4.72 Å². The third-order valence-electron chi connectivity index (χ3n) is 4.65. The van der Waals surface area contributed by atoms with Gasteiger partial charge in [-0.25, -0.2) is 13.2 Å². The summed E-state index contributed by atoms with van der Waals surface area (Å²) in [7, 11) is -3.44. The monoisotopic (exact) mass is 396 g/mol. The number of piperidine rings is 1. The molecule has 1 aliphatic heterocycles. The van der Waals surface area contributed by atoms with Crippen LogP contribution in [0.4, 0.5) is 5.69 Å². The molecule has 1 amide bonds. The Labute approximate surface area is 161 Å². The van der Waals surface area contributed by atoms with Crippen molar-refractivity contribution in [3.63, 3.8) is 0 Å². The molecule has 1 fully saturated rings. The van der Waals surface area contributed by atoms with Crippen LogP contribution in [0.3, 0.4) is 0 Å². The first-order valence-corrected chi connectivity index (χ1v) is 11.0. The fourth-order valence-corrected chi connectivity index (χ4v) is 4.53. The molecular formula is C19H28N2O5S. The van der Waals surface area contributed by atoms with Crippen LogP contribution in [0.2, 0.25) is 0 Å². The molecule has 1 heterocycles. The highest BCUT2D eigenvalue weighted by Gasteiger charge is 2.29. The number of sulfonamides is 1. The number of carbonyl (C=O) groups excluding carboxylic acids is 2. The number of hydrogen-bond acceptors (Lipinski definition) is 5. The number of ether oxygens (including phenoxy) is 1. The lowest BCUT2D eigenvalue weighted by atomic mass is 9.97. The van der Waals surface area contributed by atoms with Gasteiger partial charge in [0, 0.05) is 17.8 Å².